The molecule has 1 fully saturated rings. The number of alkyl halides is 3. The monoisotopic (exact) mass is 259 g/mol. The largest absolute Gasteiger partial charge is 0.416 e. The SMILES string of the molecule is Cc1ccc(C(F)(F)F)cc1C1(O)CCNCC1. The fraction of sp³-hybridized carbons (Fsp3) is 0.538. The second kappa shape index (κ2) is 4.55. The number of piperidine rings is 1. The average Bonchev–Trinajstić information content (AvgIpc) is 2.28. The molecule has 2 nitrogen and oxygen atoms in total. The van der Waals surface area contributed by atoms with Crippen LogP contribution in [-0.4, -0.2) is 18.2 Å². The van der Waals surface area contributed by atoms with Crippen molar-refractivity contribution in [2.75, 3.05) is 13.1 Å². The van der Waals surface area contributed by atoms with E-state index in [2.05, 4.69) is 5.32 Å². The maximum atomic E-state index is 12.7. The maximum absolute atomic E-state index is 12.7. The van der Waals surface area contributed by atoms with E-state index < -0.39 is 17.3 Å². The van der Waals surface area contributed by atoms with Crippen molar-refractivity contribution in [2.24, 2.45) is 0 Å². The van der Waals surface area contributed by atoms with Crippen molar-refractivity contribution >= 4 is 0 Å². The molecular formula is C13H16F3NO. The Morgan fingerprint density at radius 1 is 1.22 bits per heavy atom. The number of aryl methyl sites for hydroxylation is 1. The molecule has 0 aromatic heterocycles. The Labute approximate surface area is 104 Å². The van der Waals surface area contributed by atoms with Gasteiger partial charge in [-0.1, -0.05) is 6.07 Å². The fourth-order valence-electron chi connectivity index (χ4n) is 2.41. The van der Waals surface area contributed by atoms with Gasteiger partial charge < -0.3 is 10.4 Å². The first kappa shape index (κ1) is 13.4. The highest BCUT2D eigenvalue weighted by Gasteiger charge is 2.36. The molecular weight excluding hydrogens is 243 g/mol. The Morgan fingerprint density at radius 2 is 1.83 bits per heavy atom. The summed E-state index contributed by atoms with van der Waals surface area (Å²) >= 11 is 0. The Kier molecular flexibility index (Phi) is 3.38. The molecule has 2 rings (SSSR count). The topological polar surface area (TPSA) is 32.3 Å². The van der Waals surface area contributed by atoms with Gasteiger partial charge in [-0.15, -0.1) is 0 Å². The third kappa shape index (κ3) is 2.52. The van der Waals surface area contributed by atoms with E-state index in [4.69, 9.17) is 0 Å². The van der Waals surface area contributed by atoms with Crippen LogP contribution >= 0.6 is 0 Å². The van der Waals surface area contributed by atoms with Crippen LogP contribution in [0.3, 0.4) is 0 Å². The van der Waals surface area contributed by atoms with Gasteiger partial charge >= 0.3 is 6.18 Å². The molecule has 0 bridgehead atoms. The van der Waals surface area contributed by atoms with Crippen LogP contribution in [0.25, 0.3) is 0 Å². The molecule has 100 valence electrons. The Hall–Kier alpha value is -1.07. The fourth-order valence-corrected chi connectivity index (χ4v) is 2.41. The van der Waals surface area contributed by atoms with E-state index in [1.165, 1.54) is 6.07 Å². The van der Waals surface area contributed by atoms with Crippen molar-refractivity contribution in [2.45, 2.75) is 31.5 Å². The van der Waals surface area contributed by atoms with E-state index in [9.17, 15) is 18.3 Å². The standard InChI is InChI=1S/C13H16F3NO/c1-9-2-3-10(13(14,15)16)8-11(9)12(18)4-6-17-7-5-12/h2-3,8,17-18H,4-7H2,1H3. The van der Waals surface area contributed by atoms with Gasteiger partial charge in [0.1, 0.15) is 0 Å². The van der Waals surface area contributed by atoms with Gasteiger partial charge in [-0.25, -0.2) is 0 Å². The predicted molar refractivity (Wildman–Crippen MR) is 62.2 cm³/mol. The number of hydrogen-bond acceptors (Lipinski definition) is 2. The highest BCUT2D eigenvalue weighted by atomic mass is 19.4. The summed E-state index contributed by atoms with van der Waals surface area (Å²) in [6, 6.07) is 3.57. The number of halogens is 3. The lowest BCUT2D eigenvalue weighted by Crippen LogP contribution is -2.40. The summed E-state index contributed by atoms with van der Waals surface area (Å²) in [5, 5.41) is 13.6. The van der Waals surface area contributed by atoms with E-state index in [1.54, 1.807) is 6.92 Å². The predicted octanol–water partition coefficient (Wildman–Crippen LogP) is 2.58. The number of benzene rings is 1. The van der Waals surface area contributed by atoms with E-state index in [1.807, 2.05) is 0 Å². The van der Waals surface area contributed by atoms with Crippen molar-refractivity contribution in [1.82, 2.24) is 5.32 Å². The van der Waals surface area contributed by atoms with Crippen molar-refractivity contribution in [3.63, 3.8) is 0 Å². The Bertz CT molecular complexity index is 436. The molecule has 0 radical (unpaired) electrons. The summed E-state index contributed by atoms with van der Waals surface area (Å²) in [6.07, 6.45) is -3.49. The van der Waals surface area contributed by atoms with Gasteiger partial charge in [-0.05, 0) is 56.1 Å². The van der Waals surface area contributed by atoms with Gasteiger partial charge in [0.05, 0.1) is 11.2 Å². The van der Waals surface area contributed by atoms with Gasteiger partial charge in [-0.2, -0.15) is 13.2 Å². The first-order chi connectivity index (χ1) is 8.33. The molecule has 1 saturated heterocycles. The molecule has 1 heterocycles. The van der Waals surface area contributed by atoms with Crippen LogP contribution in [0.2, 0.25) is 0 Å². The summed E-state index contributed by atoms with van der Waals surface area (Å²) in [5.74, 6) is 0. The van der Waals surface area contributed by atoms with Crippen LogP contribution in [0.1, 0.15) is 29.5 Å². The molecule has 5 heteroatoms. The van der Waals surface area contributed by atoms with Crippen molar-refractivity contribution < 1.29 is 18.3 Å². The lowest BCUT2D eigenvalue weighted by molar-refractivity contribution is -0.137. The minimum Gasteiger partial charge on any atom is -0.385 e. The zero-order valence-corrected chi connectivity index (χ0v) is 10.1. The molecule has 2 N–H and O–H groups in total. The van der Waals surface area contributed by atoms with Crippen LogP contribution in [-0.2, 0) is 11.8 Å². The van der Waals surface area contributed by atoms with E-state index in [0.29, 0.717) is 37.1 Å². The van der Waals surface area contributed by atoms with Crippen LogP contribution in [0.5, 0.6) is 0 Å². The van der Waals surface area contributed by atoms with Crippen LogP contribution in [0.15, 0.2) is 18.2 Å². The smallest absolute Gasteiger partial charge is 0.385 e. The second-order valence-corrected chi connectivity index (χ2v) is 4.81. The number of hydrogen-bond donors (Lipinski definition) is 2. The molecule has 1 aliphatic rings. The summed E-state index contributed by atoms with van der Waals surface area (Å²) in [5.41, 5.74) is -0.738. The van der Waals surface area contributed by atoms with Crippen LogP contribution in [0, 0.1) is 6.92 Å². The van der Waals surface area contributed by atoms with Crippen molar-refractivity contribution in [3.8, 4) is 0 Å². The van der Waals surface area contributed by atoms with Gasteiger partial charge in [0.2, 0.25) is 0 Å². The minimum atomic E-state index is -4.37. The number of aliphatic hydroxyl groups is 1. The molecule has 1 aromatic rings. The van der Waals surface area contributed by atoms with Crippen LogP contribution < -0.4 is 5.32 Å². The molecule has 1 aromatic carbocycles. The Morgan fingerprint density at radius 3 is 2.39 bits per heavy atom. The molecule has 0 spiro atoms. The third-order valence-electron chi connectivity index (χ3n) is 3.50. The Balaban J connectivity index is 2.43. The molecule has 0 aliphatic carbocycles. The first-order valence-electron chi connectivity index (χ1n) is 5.94. The lowest BCUT2D eigenvalue weighted by Gasteiger charge is -2.34. The van der Waals surface area contributed by atoms with Crippen LogP contribution in [0.4, 0.5) is 13.2 Å². The number of rotatable bonds is 1. The van der Waals surface area contributed by atoms with Gasteiger partial charge in [0.15, 0.2) is 0 Å². The summed E-state index contributed by atoms with van der Waals surface area (Å²) in [7, 11) is 0. The summed E-state index contributed by atoms with van der Waals surface area (Å²) < 4.78 is 38.1. The van der Waals surface area contributed by atoms with E-state index in [-0.39, 0.29) is 0 Å². The van der Waals surface area contributed by atoms with Gasteiger partial charge in [-0.3, -0.25) is 0 Å². The first-order valence-corrected chi connectivity index (χ1v) is 5.94. The average molecular weight is 259 g/mol. The third-order valence-corrected chi connectivity index (χ3v) is 3.50. The second-order valence-electron chi connectivity index (χ2n) is 4.81. The van der Waals surface area contributed by atoms with Gasteiger partial charge in [0.25, 0.3) is 0 Å². The van der Waals surface area contributed by atoms with Crippen molar-refractivity contribution in [1.29, 1.82) is 0 Å². The molecule has 0 atom stereocenters. The normalized spacial score (nSPS) is 19.8. The highest BCUT2D eigenvalue weighted by molar-refractivity contribution is 5.37. The minimum absolute atomic E-state index is 0.402. The molecule has 18 heavy (non-hydrogen) atoms. The lowest BCUT2D eigenvalue weighted by atomic mass is 9.82. The molecule has 0 saturated carbocycles. The van der Waals surface area contributed by atoms with E-state index in [0.717, 1.165) is 12.1 Å². The molecule has 0 unspecified atom stereocenters. The zero-order valence-electron chi connectivity index (χ0n) is 10.1. The molecule has 0 amide bonds. The summed E-state index contributed by atoms with van der Waals surface area (Å²) in [6.45, 7) is 2.97. The summed E-state index contributed by atoms with van der Waals surface area (Å²) in [4.78, 5) is 0. The van der Waals surface area contributed by atoms with Crippen molar-refractivity contribution in [3.05, 3.63) is 34.9 Å². The highest BCUT2D eigenvalue weighted by Crippen LogP contribution is 2.37. The number of nitrogens with one attached hydrogen (secondary N) is 1. The molecule has 1 aliphatic heterocycles. The van der Waals surface area contributed by atoms with E-state index >= 15 is 0 Å². The quantitative estimate of drug-likeness (QED) is 0.812. The van der Waals surface area contributed by atoms with Gasteiger partial charge in [0, 0.05) is 0 Å². The zero-order chi connectivity index (χ0) is 13.4. The maximum Gasteiger partial charge on any atom is 0.416 e.